The first kappa shape index (κ1) is 29.1. The van der Waals surface area contributed by atoms with Gasteiger partial charge in [0.05, 0.1) is 10.3 Å². The summed E-state index contributed by atoms with van der Waals surface area (Å²) in [6.45, 7) is 8.32. The third-order valence-electron chi connectivity index (χ3n) is 7.24. The Morgan fingerprint density at radius 3 is 2.48 bits per heavy atom. The van der Waals surface area contributed by atoms with Gasteiger partial charge in [-0.2, -0.15) is 0 Å². The Balaban J connectivity index is 1.42. The molecule has 3 aromatic heterocycles. The maximum Gasteiger partial charge on any atom is 0.410 e. The van der Waals surface area contributed by atoms with Crippen LogP contribution in [-0.2, 0) is 27.7 Å². The fourth-order valence-electron chi connectivity index (χ4n) is 5.12. The van der Waals surface area contributed by atoms with Crippen molar-refractivity contribution in [2.45, 2.75) is 51.2 Å². The predicted octanol–water partition coefficient (Wildman–Crippen LogP) is 5.71. The van der Waals surface area contributed by atoms with Crippen LogP contribution in [0, 0.1) is 6.92 Å². The third-order valence-corrected chi connectivity index (χ3v) is 8.91. The number of ether oxygens (including phenoxy) is 2. The summed E-state index contributed by atoms with van der Waals surface area (Å²) in [5, 5.41) is 0.391. The highest BCUT2D eigenvalue weighted by atomic mass is 32.2. The molecule has 0 bridgehead atoms. The molecule has 2 aromatic carbocycles. The molecule has 0 unspecified atom stereocenters. The van der Waals surface area contributed by atoms with Crippen molar-refractivity contribution in [3.63, 3.8) is 0 Å². The van der Waals surface area contributed by atoms with Crippen molar-refractivity contribution in [3.8, 4) is 22.8 Å². The van der Waals surface area contributed by atoms with Gasteiger partial charge in [-0.25, -0.2) is 32.1 Å². The summed E-state index contributed by atoms with van der Waals surface area (Å²) in [5.74, 6) is 0.912. The van der Waals surface area contributed by atoms with E-state index in [9.17, 15) is 13.2 Å². The van der Waals surface area contributed by atoms with E-state index in [-0.39, 0.29) is 28.3 Å². The Kier molecular flexibility index (Phi) is 7.24. The molecule has 0 atom stereocenters. The zero-order valence-electron chi connectivity index (χ0n) is 24.8. The first-order valence-electron chi connectivity index (χ1n) is 14.1. The molecule has 0 spiro atoms. The van der Waals surface area contributed by atoms with Gasteiger partial charge in [0.25, 0.3) is 10.0 Å². The van der Waals surface area contributed by atoms with E-state index in [1.165, 1.54) is 12.5 Å². The molecule has 12 heteroatoms. The zero-order chi connectivity index (χ0) is 31.2. The molecular formula is C32H32N6O5S. The predicted molar refractivity (Wildman–Crippen MR) is 166 cm³/mol. The van der Waals surface area contributed by atoms with Crippen molar-refractivity contribution < 1.29 is 22.7 Å². The first-order valence-corrected chi connectivity index (χ1v) is 15.5. The molecule has 1 aliphatic rings. The van der Waals surface area contributed by atoms with Crippen LogP contribution >= 0.6 is 0 Å². The van der Waals surface area contributed by atoms with Gasteiger partial charge in [0.1, 0.15) is 23.5 Å². The number of fused-ring (bicyclic) bond motifs is 2. The summed E-state index contributed by atoms with van der Waals surface area (Å²) in [7, 11) is -4.03. The molecule has 44 heavy (non-hydrogen) atoms. The lowest BCUT2D eigenvalue weighted by molar-refractivity contribution is 0.0223. The van der Waals surface area contributed by atoms with Gasteiger partial charge in [-0.1, -0.05) is 23.8 Å². The molecular weight excluding hydrogens is 580 g/mol. The van der Waals surface area contributed by atoms with Gasteiger partial charge >= 0.3 is 6.09 Å². The van der Waals surface area contributed by atoms with E-state index in [1.54, 1.807) is 47.5 Å². The van der Waals surface area contributed by atoms with E-state index < -0.39 is 15.6 Å². The lowest BCUT2D eigenvalue weighted by atomic mass is 10.00. The van der Waals surface area contributed by atoms with E-state index in [4.69, 9.17) is 15.2 Å². The van der Waals surface area contributed by atoms with Crippen LogP contribution in [0.4, 0.5) is 10.6 Å². The summed E-state index contributed by atoms with van der Waals surface area (Å²) in [4.78, 5) is 27.4. The molecule has 4 heterocycles. The maximum absolute atomic E-state index is 13.9. The van der Waals surface area contributed by atoms with Crippen molar-refractivity contribution in [3.05, 3.63) is 90.0 Å². The average molecular weight is 613 g/mol. The Bertz CT molecular complexity index is 2000. The fourth-order valence-corrected chi connectivity index (χ4v) is 6.43. The monoisotopic (exact) mass is 612 g/mol. The minimum Gasteiger partial charge on any atom is -0.444 e. The smallest absolute Gasteiger partial charge is 0.410 e. The summed E-state index contributed by atoms with van der Waals surface area (Å²) in [5.41, 5.74) is 9.64. The minimum atomic E-state index is -4.03. The normalized spacial score (nSPS) is 13.5. The van der Waals surface area contributed by atoms with Gasteiger partial charge in [0, 0.05) is 31.0 Å². The Morgan fingerprint density at radius 1 is 0.977 bits per heavy atom. The van der Waals surface area contributed by atoms with E-state index in [0.717, 1.165) is 20.7 Å². The van der Waals surface area contributed by atoms with E-state index in [1.807, 2.05) is 45.9 Å². The SMILES string of the molecule is Cc1ccc(S(=O)(=O)n2cc(-c3ccnc(N)c3)c3c(Oc4ccc5c(c4)CN(C(=O)OC(C)(C)C)CC5)ncnc32)cc1. The lowest BCUT2D eigenvalue weighted by Crippen LogP contribution is -2.39. The van der Waals surface area contributed by atoms with Gasteiger partial charge in [-0.15, -0.1) is 0 Å². The van der Waals surface area contributed by atoms with Crippen LogP contribution in [-0.4, -0.2) is 50.5 Å². The number of pyridine rings is 1. The average Bonchev–Trinajstić information content (AvgIpc) is 3.38. The van der Waals surface area contributed by atoms with E-state index in [0.29, 0.717) is 41.8 Å². The van der Waals surface area contributed by atoms with E-state index in [2.05, 4.69) is 15.0 Å². The van der Waals surface area contributed by atoms with Crippen LogP contribution in [0.5, 0.6) is 11.6 Å². The topological polar surface area (TPSA) is 143 Å². The first-order chi connectivity index (χ1) is 20.9. The van der Waals surface area contributed by atoms with Crippen LogP contribution in [0.2, 0.25) is 0 Å². The molecule has 6 rings (SSSR count). The number of aromatic nitrogens is 4. The highest BCUT2D eigenvalue weighted by Crippen LogP contribution is 2.39. The number of hydrogen-bond donors (Lipinski definition) is 1. The number of anilines is 1. The highest BCUT2D eigenvalue weighted by molar-refractivity contribution is 7.90. The number of carbonyl (C=O) groups is 1. The molecule has 1 amide bonds. The second-order valence-electron chi connectivity index (χ2n) is 11.7. The molecule has 2 N–H and O–H groups in total. The van der Waals surface area contributed by atoms with Crippen molar-refractivity contribution >= 4 is 33.0 Å². The minimum absolute atomic E-state index is 0.117. The molecule has 1 aliphatic heterocycles. The molecule has 0 aliphatic carbocycles. The number of carbonyl (C=O) groups excluding carboxylic acids is 1. The molecule has 226 valence electrons. The second-order valence-corrected chi connectivity index (χ2v) is 13.5. The Morgan fingerprint density at radius 2 is 1.75 bits per heavy atom. The van der Waals surface area contributed by atoms with Crippen LogP contribution in [0.15, 0.2) is 78.2 Å². The van der Waals surface area contributed by atoms with Gasteiger partial charge in [0.2, 0.25) is 5.88 Å². The zero-order valence-corrected chi connectivity index (χ0v) is 25.6. The maximum atomic E-state index is 13.9. The molecule has 11 nitrogen and oxygen atoms in total. The summed E-state index contributed by atoms with van der Waals surface area (Å²) in [6, 6.07) is 15.7. The lowest BCUT2D eigenvalue weighted by Gasteiger charge is -2.31. The highest BCUT2D eigenvalue weighted by Gasteiger charge is 2.28. The number of rotatable bonds is 5. The van der Waals surface area contributed by atoms with Crippen molar-refractivity contribution in [2.24, 2.45) is 0 Å². The molecule has 0 fully saturated rings. The summed E-state index contributed by atoms with van der Waals surface area (Å²) < 4.78 is 40.8. The fraction of sp³-hybridized carbons (Fsp3) is 0.250. The summed E-state index contributed by atoms with van der Waals surface area (Å²) in [6.07, 6.45) is 4.63. The van der Waals surface area contributed by atoms with Gasteiger partial charge < -0.3 is 20.1 Å². The second kappa shape index (κ2) is 10.9. The summed E-state index contributed by atoms with van der Waals surface area (Å²) >= 11 is 0. The van der Waals surface area contributed by atoms with Crippen LogP contribution in [0.1, 0.15) is 37.5 Å². The van der Waals surface area contributed by atoms with Crippen molar-refractivity contribution in [2.75, 3.05) is 12.3 Å². The van der Waals surface area contributed by atoms with Crippen molar-refractivity contribution in [1.29, 1.82) is 0 Å². The van der Waals surface area contributed by atoms with Crippen LogP contribution in [0.3, 0.4) is 0 Å². The molecule has 0 radical (unpaired) electrons. The number of nitrogens with two attached hydrogens (primary N) is 1. The Labute approximate surface area is 255 Å². The van der Waals surface area contributed by atoms with Gasteiger partial charge in [0.15, 0.2) is 5.65 Å². The number of hydrogen-bond acceptors (Lipinski definition) is 9. The number of aryl methyl sites for hydroxylation is 1. The quantitative estimate of drug-likeness (QED) is 0.264. The molecule has 0 saturated heterocycles. The Hall–Kier alpha value is -4.97. The molecule has 0 saturated carbocycles. The molecule has 5 aromatic rings. The third kappa shape index (κ3) is 5.68. The van der Waals surface area contributed by atoms with Crippen LogP contribution in [0.25, 0.3) is 22.2 Å². The largest absolute Gasteiger partial charge is 0.444 e. The standard InChI is InChI=1S/C32H32N6O5S/c1-20-5-9-25(10-6-20)44(40,41)38-18-26(22-11-13-34-27(33)16-22)28-29(38)35-19-36-30(28)42-24-8-7-21-12-14-37(17-23(21)15-24)31(39)43-32(2,3)4/h5-11,13,15-16,18-19H,12,14,17H2,1-4H3,(H2,33,34). The van der Waals surface area contributed by atoms with E-state index >= 15 is 0 Å². The van der Waals surface area contributed by atoms with Crippen molar-refractivity contribution in [1.82, 2.24) is 23.8 Å². The van der Waals surface area contributed by atoms with Crippen LogP contribution < -0.4 is 10.5 Å². The number of nitrogen functional groups attached to an aromatic ring is 1. The van der Waals surface area contributed by atoms with Gasteiger partial charge in [-0.3, -0.25) is 0 Å². The van der Waals surface area contributed by atoms with Gasteiger partial charge in [-0.05, 0) is 87.2 Å². The number of benzene rings is 2. The number of amides is 1. The number of nitrogens with zero attached hydrogens (tertiary/aromatic N) is 5.